The van der Waals surface area contributed by atoms with E-state index < -0.39 is 12.3 Å². The Balaban J connectivity index is 2.20. The molecule has 15 heavy (non-hydrogen) atoms. The first-order valence-corrected chi connectivity index (χ1v) is 5.29. The highest BCUT2D eigenvalue weighted by atomic mass is 14.3. The molecule has 0 heterocycles. The van der Waals surface area contributed by atoms with Gasteiger partial charge in [0.25, 0.3) is 0 Å². The Morgan fingerprint density at radius 1 is 1.00 bits per heavy atom. The van der Waals surface area contributed by atoms with Crippen LogP contribution in [0.2, 0.25) is 0 Å². The van der Waals surface area contributed by atoms with E-state index in [2.05, 4.69) is 0 Å². The molecule has 0 spiro atoms. The molecular formula is C15H14. The van der Waals surface area contributed by atoms with Crippen LogP contribution in [0, 0.1) is 0 Å². The summed E-state index contributed by atoms with van der Waals surface area (Å²) < 4.78 is 16.9. The molecule has 0 aliphatic heterocycles. The monoisotopic (exact) mass is 196 g/mol. The number of hydrogen-bond donors (Lipinski definition) is 0. The van der Waals surface area contributed by atoms with Crippen molar-refractivity contribution >= 4 is 0 Å². The van der Waals surface area contributed by atoms with Gasteiger partial charge in [-0.1, -0.05) is 54.6 Å². The molecule has 0 N–H and O–H groups in total. The minimum atomic E-state index is -0.905. The fraction of sp³-hybridized carbons (Fsp3) is 0.200. The Morgan fingerprint density at radius 3 is 2.60 bits per heavy atom. The zero-order chi connectivity index (χ0) is 11.9. The molecule has 0 bridgehead atoms. The second kappa shape index (κ2) is 3.54. The van der Waals surface area contributed by atoms with Gasteiger partial charge in [-0.25, -0.2) is 0 Å². The fourth-order valence-corrected chi connectivity index (χ4v) is 2.17. The minimum Gasteiger partial charge on any atom is -0.0622 e. The van der Waals surface area contributed by atoms with E-state index in [1.54, 1.807) is 0 Å². The van der Waals surface area contributed by atoms with Gasteiger partial charge >= 0.3 is 0 Å². The molecule has 0 fully saturated rings. The van der Waals surface area contributed by atoms with Crippen molar-refractivity contribution in [2.75, 3.05) is 0 Å². The summed E-state index contributed by atoms with van der Waals surface area (Å²) in [6, 6.07) is 17.7. The third-order valence-corrected chi connectivity index (χ3v) is 2.92. The molecule has 3 rings (SSSR count). The van der Waals surface area contributed by atoms with Crippen LogP contribution >= 0.6 is 0 Å². The smallest absolute Gasteiger partial charge is 0.0402 e. The van der Waals surface area contributed by atoms with Crippen LogP contribution in [-0.4, -0.2) is 0 Å². The summed E-state index contributed by atoms with van der Waals surface area (Å²) in [6.07, 6.45) is 0.261. The Morgan fingerprint density at radius 2 is 1.73 bits per heavy atom. The second-order valence-electron chi connectivity index (χ2n) is 3.85. The van der Waals surface area contributed by atoms with Gasteiger partial charge in [-0.3, -0.25) is 0 Å². The Kier molecular flexibility index (Phi) is 1.61. The molecular weight excluding hydrogens is 180 g/mol. The van der Waals surface area contributed by atoms with Crippen molar-refractivity contribution in [1.82, 2.24) is 0 Å². The van der Waals surface area contributed by atoms with Crippen LogP contribution in [0.5, 0.6) is 0 Å². The molecule has 1 aliphatic carbocycles. The lowest BCUT2D eigenvalue weighted by Gasteiger charge is -2.11. The summed E-state index contributed by atoms with van der Waals surface area (Å²) in [4.78, 5) is 0. The van der Waals surface area contributed by atoms with E-state index in [1.165, 1.54) is 0 Å². The van der Waals surface area contributed by atoms with Gasteiger partial charge in [0.1, 0.15) is 0 Å². The number of benzene rings is 2. The van der Waals surface area contributed by atoms with E-state index >= 15 is 0 Å². The van der Waals surface area contributed by atoms with Crippen LogP contribution in [-0.2, 0) is 6.42 Å². The van der Waals surface area contributed by atoms with Crippen molar-refractivity contribution in [3.05, 3.63) is 71.3 Å². The van der Waals surface area contributed by atoms with Gasteiger partial charge in [-0.2, -0.15) is 0 Å². The minimum absolute atomic E-state index is 0.415. The predicted octanol–water partition coefficient (Wildman–Crippen LogP) is 3.76. The molecule has 0 saturated heterocycles. The lowest BCUT2D eigenvalue weighted by Crippen LogP contribution is -1.94. The topological polar surface area (TPSA) is 0 Å². The molecule has 0 nitrogen and oxygen atoms in total. The van der Waals surface area contributed by atoms with Crippen molar-refractivity contribution in [3.8, 4) is 0 Å². The molecule has 1 aliphatic rings. The quantitative estimate of drug-likeness (QED) is 0.651. The molecule has 2 unspecified atom stereocenters. The average molecular weight is 196 g/mol. The molecule has 2 aromatic rings. The third-order valence-electron chi connectivity index (χ3n) is 2.92. The highest BCUT2D eigenvalue weighted by Crippen LogP contribution is 2.37. The molecule has 0 amide bonds. The van der Waals surface area contributed by atoms with Crippen molar-refractivity contribution in [2.24, 2.45) is 0 Å². The summed E-state index contributed by atoms with van der Waals surface area (Å²) in [7, 11) is 0. The normalized spacial score (nSPS) is 30.5. The van der Waals surface area contributed by atoms with E-state index in [-0.39, 0.29) is 0 Å². The number of hydrogen-bond acceptors (Lipinski definition) is 0. The SMILES string of the molecule is [2H]C1Cc2ccccc2C1([2H])c1ccccc1. The third kappa shape index (κ3) is 1.46. The average Bonchev–Trinajstić information content (AvgIpc) is 2.64. The number of rotatable bonds is 1. The van der Waals surface area contributed by atoms with E-state index in [9.17, 15) is 0 Å². The molecule has 0 saturated carbocycles. The van der Waals surface area contributed by atoms with Gasteiger partial charge in [0.15, 0.2) is 0 Å². The highest BCUT2D eigenvalue weighted by Gasteiger charge is 2.22. The lowest BCUT2D eigenvalue weighted by atomic mass is 9.93. The molecule has 2 atom stereocenters. The summed E-state index contributed by atoms with van der Waals surface area (Å²) in [5, 5.41) is 0. The van der Waals surface area contributed by atoms with Gasteiger partial charge in [0.2, 0.25) is 0 Å². The van der Waals surface area contributed by atoms with Gasteiger partial charge < -0.3 is 0 Å². The maximum Gasteiger partial charge on any atom is 0.0402 e. The number of fused-ring (bicyclic) bond motifs is 1. The van der Waals surface area contributed by atoms with Crippen molar-refractivity contribution in [3.63, 3.8) is 0 Å². The zero-order valence-electron chi connectivity index (χ0n) is 10.5. The first-order valence-electron chi connectivity index (χ1n) is 6.37. The molecule has 0 heteroatoms. The van der Waals surface area contributed by atoms with Gasteiger partial charge in [0, 0.05) is 8.64 Å². The van der Waals surface area contributed by atoms with Crippen LogP contribution in [0.3, 0.4) is 0 Å². The maximum absolute atomic E-state index is 8.72. The summed E-state index contributed by atoms with van der Waals surface area (Å²) in [5.74, 6) is -0.905. The zero-order valence-corrected chi connectivity index (χ0v) is 8.48. The van der Waals surface area contributed by atoms with E-state index in [4.69, 9.17) is 2.74 Å². The van der Waals surface area contributed by atoms with Crippen LogP contribution in [0.4, 0.5) is 0 Å². The Bertz CT molecular complexity index is 536. The molecule has 2 aromatic carbocycles. The highest BCUT2D eigenvalue weighted by molar-refractivity contribution is 5.41. The molecule has 0 aromatic heterocycles. The maximum atomic E-state index is 8.72. The van der Waals surface area contributed by atoms with Crippen LogP contribution in [0.15, 0.2) is 54.6 Å². The van der Waals surface area contributed by atoms with E-state index in [0.29, 0.717) is 6.42 Å². The first kappa shape index (κ1) is 6.84. The van der Waals surface area contributed by atoms with Crippen molar-refractivity contribution in [1.29, 1.82) is 0 Å². The van der Waals surface area contributed by atoms with Gasteiger partial charge in [0.05, 0.1) is 0 Å². The van der Waals surface area contributed by atoms with Crippen LogP contribution in [0.25, 0.3) is 0 Å². The van der Waals surface area contributed by atoms with Crippen LogP contribution < -0.4 is 0 Å². The van der Waals surface area contributed by atoms with Gasteiger partial charge in [-0.05, 0) is 29.5 Å². The molecule has 74 valence electrons. The summed E-state index contributed by atoms with van der Waals surface area (Å²) in [6.45, 7) is 0. The lowest BCUT2D eigenvalue weighted by molar-refractivity contribution is 0.788. The summed E-state index contributed by atoms with van der Waals surface area (Å²) >= 11 is 0. The van der Waals surface area contributed by atoms with Gasteiger partial charge in [-0.15, -0.1) is 0 Å². The first-order chi connectivity index (χ1) is 8.23. The number of aryl methyl sites for hydroxylation is 1. The van der Waals surface area contributed by atoms with Crippen molar-refractivity contribution in [2.45, 2.75) is 18.7 Å². The van der Waals surface area contributed by atoms with E-state index in [0.717, 1.165) is 16.7 Å². The van der Waals surface area contributed by atoms with Crippen LogP contribution in [0.1, 0.15) is 31.7 Å². The van der Waals surface area contributed by atoms with E-state index in [1.807, 2.05) is 54.6 Å². The Labute approximate surface area is 93.4 Å². The standard InChI is InChI=1S/C15H14/c1-2-6-12(7-3-1)15-11-10-13-8-4-5-9-14(13)15/h1-9,15H,10-11H2/i11D,15D. The predicted molar refractivity (Wildman–Crippen MR) is 63.0 cm³/mol. The fourth-order valence-electron chi connectivity index (χ4n) is 2.17. The second-order valence-corrected chi connectivity index (χ2v) is 3.85. The largest absolute Gasteiger partial charge is 0.0622 e. The summed E-state index contributed by atoms with van der Waals surface area (Å²) in [5.41, 5.74) is 3.06. The van der Waals surface area contributed by atoms with Crippen molar-refractivity contribution < 1.29 is 2.74 Å². The molecule has 0 radical (unpaired) electrons. The Hall–Kier alpha value is -1.56.